The summed E-state index contributed by atoms with van der Waals surface area (Å²) >= 11 is 6.91. The molecule has 3 rings (SSSR count). The molecule has 5 heteroatoms. The molecule has 0 spiro atoms. The molecule has 0 unspecified atom stereocenters. The van der Waals surface area contributed by atoms with E-state index in [-0.39, 0.29) is 0 Å². The molecule has 0 fully saturated rings. The van der Waals surface area contributed by atoms with Gasteiger partial charge in [0.05, 0.1) is 4.70 Å². The predicted molar refractivity (Wildman–Crippen MR) is 103 cm³/mol. The van der Waals surface area contributed by atoms with Gasteiger partial charge in [-0.15, -0.1) is 0 Å². The number of fused-ring (bicyclic) bond motifs is 1. The second kappa shape index (κ2) is 7.53. The van der Waals surface area contributed by atoms with E-state index in [1.165, 1.54) is 21.8 Å². The second-order valence-electron chi connectivity index (χ2n) is 5.60. The highest BCUT2D eigenvalue weighted by Gasteiger charge is 2.06. The summed E-state index contributed by atoms with van der Waals surface area (Å²) in [6.07, 6.45) is 3.97. The van der Waals surface area contributed by atoms with Crippen molar-refractivity contribution in [2.45, 2.75) is 25.8 Å². The smallest absolute Gasteiger partial charge is 0.170 e. The maximum Gasteiger partial charge on any atom is 0.170 e. The summed E-state index contributed by atoms with van der Waals surface area (Å²) in [4.78, 5) is 0. The molecule has 0 aliphatic heterocycles. The molecule has 23 heavy (non-hydrogen) atoms. The van der Waals surface area contributed by atoms with Crippen LogP contribution < -0.4 is 10.6 Å². The normalized spacial score (nSPS) is 12.0. The number of nitrogens with one attached hydrogen (secondary N) is 2. The molecule has 3 nitrogen and oxygen atoms in total. The van der Waals surface area contributed by atoms with Crippen LogP contribution in [0.5, 0.6) is 0 Å². The SMILES string of the molecule is C[C@@H](CCc1ccccc1)NC(=S)Nc1ccc2sncc2c1. The summed E-state index contributed by atoms with van der Waals surface area (Å²) in [5.74, 6) is 0. The number of aryl methyl sites for hydroxylation is 1. The Morgan fingerprint density at radius 1 is 1.22 bits per heavy atom. The van der Waals surface area contributed by atoms with Crippen LogP contribution in [-0.2, 0) is 6.42 Å². The Morgan fingerprint density at radius 2 is 2.04 bits per heavy atom. The van der Waals surface area contributed by atoms with Gasteiger partial charge in [0.25, 0.3) is 0 Å². The average Bonchev–Trinajstić information content (AvgIpc) is 3.01. The molecule has 1 aromatic heterocycles. The first-order valence-electron chi connectivity index (χ1n) is 7.66. The molecule has 1 heterocycles. The Bertz CT molecular complexity index is 783. The molecular weight excluding hydrogens is 322 g/mol. The van der Waals surface area contributed by atoms with Gasteiger partial charge in [-0.25, -0.2) is 0 Å². The number of hydrogen-bond donors (Lipinski definition) is 2. The molecule has 0 saturated carbocycles. The van der Waals surface area contributed by atoms with E-state index in [0.29, 0.717) is 11.2 Å². The van der Waals surface area contributed by atoms with Crippen molar-refractivity contribution in [2.75, 3.05) is 5.32 Å². The minimum Gasteiger partial charge on any atom is -0.360 e. The highest BCUT2D eigenvalue weighted by atomic mass is 32.1. The summed E-state index contributed by atoms with van der Waals surface area (Å²) in [5.41, 5.74) is 2.35. The summed E-state index contributed by atoms with van der Waals surface area (Å²) in [7, 11) is 0. The van der Waals surface area contributed by atoms with Crippen molar-refractivity contribution in [1.82, 2.24) is 9.69 Å². The number of rotatable bonds is 5. The van der Waals surface area contributed by atoms with E-state index in [9.17, 15) is 0 Å². The molecule has 118 valence electrons. The molecule has 2 N–H and O–H groups in total. The van der Waals surface area contributed by atoms with E-state index in [4.69, 9.17) is 12.2 Å². The van der Waals surface area contributed by atoms with Crippen LogP contribution in [0.1, 0.15) is 18.9 Å². The average molecular weight is 342 g/mol. The van der Waals surface area contributed by atoms with Gasteiger partial charge < -0.3 is 10.6 Å². The van der Waals surface area contributed by atoms with Crippen molar-refractivity contribution in [3.8, 4) is 0 Å². The van der Waals surface area contributed by atoms with Crippen LogP contribution in [0.15, 0.2) is 54.7 Å². The molecule has 0 radical (unpaired) electrons. The third kappa shape index (κ3) is 4.50. The fourth-order valence-electron chi connectivity index (χ4n) is 2.44. The van der Waals surface area contributed by atoms with Gasteiger partial charge in [-0.2, -0.15) is 4.37 Å². The molecule has 0 aliphatic rings. The highest BCUT2D eigenvalue weighted by molar-refractivity contribution is 7.80. The standard InChI is InChI=1S/C18H19N3S2/c1-13(7-8-14-5-3-2-4-6-14)20-18(22)21-16-9-10-17-15(11-16)12-19-23-17/h2-6,9-13H,7-8H2,1H3,(H2,20,21,22)/t13-/m0/s1. The van der Waals surface area contributed by atoms with E-state index in [1.807, 2.05) is 18.3 Å². The van der Waals surface area contributed by atoms with E-state index in [1.54, 1.807) is 0 Å². The lowest BCUT2D eigenvalue weighted by atomic mass is 10.1. The lowest BCUT2D eigenvalue weighted by Gasteiger charge is -2.17. The van der Waals surface area contributed by atoms with Crippen molar-refractivity contribution < 1.29 is 0 Å². The second-order valence-corrected chi connectivity index (χ2v) is 6.84. The largest absolute Gasteiger partial charge is 0.360 e. The Kier molecular flexibility index (Phi) is 5.20. The van der Waals surface area contributed by atoms with Crippen molar-refractivity contribution in [1.29, 1.82) is 0 Å². The van der Waals surface area contributed by atoms with Crippen molar-refractivity contribution in [3.05, 3.63) is 60.3 Å². The maximum absolute atomic E-state index is 5.41. The third-order valence-electron chi connectivity index (χ3n) is 3.70. The number of benzene rings is 2. The van der Waals surface area contributed by atoms with E-state index < -0.39 is 0 Å². The van der Waals surface area contributed by atoms with Crippen molar-refractivity contribution in [2.24, 2.45) is 0 Å². The van der Waals surface area contributed by atoms with Crippen LogP contribution in [0.25, 0.3) is 10.1 Å². The predicted octanol–water partition coefficient (Wildman–Crippen LogP) is 4.60. The summed E-state index contributed by atoms with van der Waals surface area (Å²) in [5, 5.41) is 8.40. The van der Waals surface area contributed by atoms with Gasteiger partial charge in [-0.3, -0.25) is 0 Å². The fraction of sp³-hybridized carbons (Fsp3) is 0.222. The number of anilines is 1. The minimum absolute atomic E-state index is 0.321. The van der Waals surface area contributed by atoms with Crippen LogP contribution in [0.3, 0.4) is 0 Å². The first kappa shape index (κ1) is 15.9. The molecule has 1 atom stereocenters. The molecule has 0 saturated heterocycles. The number of hydrogen-bond acceptors (Lipinski definition) is 3. The van der Waals surface area contributed by atoms with E-state index in [2.05, 4.69) is 58.3 Å². The van der Waals surface area contributed by atoms with Crippen molar-refractivity contribution in [3.63, 3.8) is 0 Å². The summed E-state index contributed by atoms with van der Waals surface area (Å²) < 4.78 is 5.37. The zero-order valence-corrected chi connectivity index (χ0v) is 14.6. The van der Waals surface area contributed by atoms with Gasteiger partial charge >= 0.3 is 0 Å². The quantitative estimate of drug-likeness (QED) is 0.665. The van der Waals surface area contributed by atoms with Crippen LogP contribution >= 0.6 is 23.8 Å². The van der Waals surface area contributed by atoms with Gasteiger partial charge in [0, 0.05) is 23.3 Å². The monoisotopic (exact) mass is 341 g/mol. The molecule has 0 amide bonds. The maximum atomic E-state index is 5.41. The van der Waals surface area contributed by atoms with E-state index >= 15 is 0 Å². The van der Waals surface area contributed by atoms with Gasteiger partial charge in [0.2, 0.25) is 0 Å². The first-order chi connectivity index (χ1) is 11.2. The lowest BCUT2D eigenvalue weighted by molar-refractivity contribution is 0.609. The zero-order chi connectivity index (χ0) is 16.1. The molecule has 3 aromatic rings. The van der Waals surface area contributed by atoms with Gasteiger partial charge in [-0.05, 0) is 67.3 Å². The third-order valence-corrected chi connectivity index (χ3v) is 4.70. The van der Waals surface area contributed by atoms with Crippen LogP contribution in [0.2, 0.25) is 0 Å². The Hall–Kier alpha value is -1.98. The molecule has 0 bridgehead atoms. The minimum atomic E-state index is 0.321. The zero-order valence-electron chi connectivity index (χ0n) is 13.0. The van der Waals surface area contributed by atoms with Gasteiger partial charge in [0.1, 0.15) is 0 Å². The Balaban J connectivity index is 1.50. The summed E-state index contributed by atoms with van der Waals surface area (Å²) in [6.45, 7) is 2.16. The van der Waals surface area contributed by atoms with Gasteiger partial charge in [0.15, 0.2) is 5.11 Å². The van der Waals surface area contributed by atoms with Crippen LogP contribution in [-0.4, -0.2) is 15.5 Å². The number of thiocarbonyl (C=S) groups is 1. The molecule has 0 aliphatic carbocycles. The first-order valence-corrected chi connectivity index (χ1v) is 8.85. The topological polar surface area (TPSA) is 37.0 Å². The molecular formula is C18H19N3S2. The van der Waals surface area contributed by atoms with Crippen LogP contribution in [0.4, 0.5) is 5.69 Å². The highest BCUT2D eigenvalue weighted by Crippen LogP contribution is 2.21. The Morgan fingerprint density at radius 3 is 2.87 bits per heavy atom. The van der Waals surface area contributed by atoms with Gasteiger partial charge in [-0.1, -0.05) is 30.3 Å². The fourth-order valence-corrected chi connectivity index (χ4v) is 3.39. The van der Waals surface area contributed by atoms with Crippen LogP contribution in [0, 0.1) is 0 Å². The molecule has 2 aromatic carbocycles. The van der Waals surface area contributed by atoms with Crippen molar-refractivity contribution >= 4 is 44.6 Å². The van der Waals surface area contributed by atoms with E-state index in [0.717, 1.165) is 23.9 Å². The summed E-state index contributed by atoms with van der Waals surface area (Å²) in [6, 6.07) is 17.0. The lowest BCUT2D eigenvalue weighted by Crippen LogP contribution is -2.36. The number of aromatic nitrogens is 1. The number of nitrogens with zero attached hydrogens (tertiary/aromatic N) is 1. The Labute approximate surface area is 145 Å².